The number of nitrogens with one attached hydrogen (secondary N) is 1. The van der Waals surface area contributed by atoms with E-state index < -0.39 is 12.1 Å². The predicted octanol–water partition coefficient (Wildman–Crippen LogP) is 17.2. The van der Waals surface area contributed by atoms with Gasteiger partial charge in [-0.2, -0.15) is 0 Å². The minimum Gasteiger partial charge on any atom is -0.466 e. The lowest BCUT2D eigenvalue weighted by Gasteiger charge is -2.19. The third-order valence-electron chi connectivity index (χ3n) is 12.9. The normalized spacial score (nSPS) is 12.9. The fourth-order valence-corrected chi connectivity index (χ4v) is 8.50. The Kier molecular flexibility index (Phi) is 52.1. The lowest BCUT2D eigenvalue weighted by molar-refractivity contribution is -0.143. The summed E-state index contributed by atoms with van der Waals surface area (Å²) in [7, 11) is 0. The van der Waals surface area contributed by atoms with E-state index >= 15 is 0 Å². The lowest BCUT2D eigenvalue weighted by atomic mass is 10.0. The zero-order valence-electron chi connectivity index (χ0n) is 42.8. The van der Waals surface area contributed by atoms with Crippen LogP contribution in [-0.2, 0) is 14.3 Å². The van der Waals surface area contributed by atoms with E-state index in [2.05, 4.69) is 43.5 Å². The van der Waals surface area contributed by atoms with E-state index in [0.717, 1.165) is 70.6 Å². The second-order valence-corrected chi connectivity index (χ2v) is 19.3. The number of carbonyl (C=O) groups is 2. The maximum absolute atomic E-state index is 12.4. The van der Waals surface area contributed by atoms with Crippen molar-refractivity contribution in [2.75, 3.05) is 13.2 Å². The molecule has 0 aliphatic carbocycles. The molecule has 0 saturated carbocycles. The molecular formula is C58H109NO5. The van der Waals surface area contributed by atoms with Gasteiger partial charge in [-0.1, -0.05) is 237 Å². The van der Waals surface area contributed by atoms with Crippen molar-refractivity contribution >= 4 is 11.9 Å². The molecule has 0 aromatic carbocycles. The molecule has 0 aliphatic heterocycles. The molecule has 0 heterocycles. The predicted molar refractivity (Wildman–Crippen MR) is 278 cm³/mol. The first-order valence-electron chi connectivity index (χ1n) is 28.3. The van der Waals surface area contributed by atoms with Gasteiger partial charge >= 0.3 is 5.97 Å². The van der Waals surface area contributed by atoms with Crippen LogP contribution in [0.1, 0.15) is 296 Å². The van der Waals surface area contributed by atoms with E-state index in [1.165, 1.54) is 199 Å². The molecule has 6 heteroatoms. The van der Waals surface area contributed by atoms with Gasteiger partial charge in [0.2, 0.25) is 5.91 Å². The smallest absolute Gasteiger partial charge is 0.305 e. The average molecular weight is 901 g/mol. The molecule has 0 bridgehead atoms. The summed E-state index contributed by atoms with van der Waals surface area (Å²) >= 11 is 0. The third-order valence-corrected chi connectivity index (χ3v) is 12.9. The Morgan fingerprint density at radius 1 is 0.422 bits per heavy atom. The van der Waals surface area contributed by atoms with E-state index in [-0.39, 0.29) is 18.5 Å². The number of rotatable bonds is 52. The van der Waals surface area contributed by atoms with Crippen LogP contribution in [0.15, 0.2) is 36.5 Å². The molecule has 0 spiro atoms. The fraction of sp³-hybridized carbons (Fsp3) is 0.862. The number of hydrogen-bond acceptors (Lipinski definition) is 5. The van der Waals surface area contributed by atoms with Crippen molar-refractivity contribution in [3.8, 4) is 0 Å². The summed E-state index contributed by atoms with van der Waals surface area (Å²) in [5, 5.41) is 23.1. The standard InChI is InChI=1S/C58H109NO5/c1-3-5-7-9-11-13-15-17-19-21-22-23-26-30-34-38-42-46-50-56(61)55(54-60)59-57(62)51-47-43-39-35-31-27-25-29-33-37-41-45-49-53-64-58(63)52-48-44-40-36-32-28-24-20-18-16-14-12-10-8-6-4-2/h20,24,27,31,46,50,55-56,60-61H,3-19,21-23,25-26,28-30,32-45,47-49,51-54H2,1-2H3,(H,59,62)/b24-20-,31-27-,50-46+. The van der Waals surface area contributed by atoms with Gasteiger partial charge in [-0.25, -0.2) is 0 Å². The van der Waals surface area contributed by atoms with Crippen molar-refractivity contribution in [3.63, 3.8) is 0 Å². The van der Waals surface area contributed by atoms with E-state index in [1.807, 2.05) is 6.08 Å². The number of allylic oxidation sites excluding steroid dienone is 5. The summed E-state index contributed by atoms with van der Waals surface area (Å²) in [6.07, 6.45) is 65.8. The van der Waals surface area contributed by atoms with Gasteiger partial charge in [0.05, 0.1) is 25.4 Å². The minimum atomic E-state index is -0.862. The molecule has 0 saturated heterocycles. The van der Waals surface area contributed by atoms with E-state index in [1.54, 1.807) is 6.08 Å². The number of unbranched alkanes of at least 4 members (excludes halogenated alkanes) is 37. The Labute approximate surface area is 398 Å². The van der Waals surface area contributed by atoms with Gasteiger partial charge in [0, 0.05) is 12.8 Å². The maximum Gasteiger partial charge on any atom is 0.305 e. The molecule has 2 unspecified atom stereocenters. The topological polar surface area (TPSA) is 95.9 Å². The van der Waals surface area contributed by atoms with Crippen LogP contribution in [0.2, 0.25) is 0 Å². The summed E-state index contributed by atoms with van der Waals surface area (Å²) in [5.41, 5.74) is 0. The first kappa shape index (κ1) is 62.1. The number of amides is 1. The lowest BCUT2D eigenvalue weighted by Crippen LogP contribution is -2.45. The zero-order valence-corrected chi connectivity index (χ0v) is 42.8. The number of esters is 1. The Morgan fingerprint density at radius 2 is 0.734 bits per heavy atom. The molecule has 1 amide bonds. The van der Waals surface area contributed by atoms with Crippen molar-refractivity contribution in [1.29, 1.82) is 0 Å². The van der Waals surface area contributed by atoms with Crippen molar-refractivity contribution in [3.05, 3.63) is 36.5 Å². The van der Waals surface area contributed by atoms with Crippen LogP contribution >= 0.6 is 0 Å². The molecule has 2 atom stereocenters. The quantitative estimate of drug-likeness (QED) is 0.0321. The largest absolute Gasteiger partial charge is 0.466 e. The van der Waals surface area contributed by atoms with Crippen LogP contribution in [0.4, 0.5) is 0 Å². The van der Waals surface area contributed by atoms with E-state index in [0.29, 0.717) is 19.4 Å². The Bertz CT molecular complexity index is 1040. The third kappa shape index (κ3) is 49.5. The number of aliphatic hydroxyl groups is 2. The van der Waals surface area contributed by atoms with Gasteiger partial charge in [-0.15, -0.1) is 0 Å². The molecule has 0 aromatic rings. The van der Waals surface area contributed by atoms with Crippen molar-refractivity contribution in [2.24, 2.45) is 0 Å². The number of hydrogen-bond donors (Lipinski definition) is 3. The van der Waals surface area contributed by atoms with E-state index in [9.17, 15) is 19.8 Å². The second kappa shape index (κ2) is 53.7. The van der Waals surface area contributed by atoms with Crippen LogP contribution in [0.3, 0.4) is 0 Å². The van der Waals surface area contributed by atoms with Gasteiger partial charge in [0.1, 0.15) is 0 Å². The molecule has 376 valence electrons. The van der Waals surface area contributed by atoms with Crippen LogP contribution in [0.5, 0.6) is 0 Å². The van der Waals surface area contributed by atoms with Gasteiger partial charge in [0.25, 0.3) is 0 Å². The molecule has 3 N–H and O–H groups in total. The SMILES string of the molecule is CCCCCCCCC/C=C\CCCCCCCC(=O)OCCCCCCCC/C=C\CCCCCC(=O)NC(CO)C(O)/C=C/CCCCCCCCCCCCCCCCCC. The molecule has 0 rings (SSSR count). The molecular weight excluding hydrogens is 791 g/mol. The Balaban J connectivity index is 3.53. The molecule has 6 nitrogen and oxygen atoms in total. The highest BCUT2D eigenvalue weighted by molar-refractivity contribution is 5.76. The fourth-order valence-electron chi connectivity index (χ4n) is 8.50. The van der Waals surface area contributed by atoms with E-state index in [4.69, 9.17) is 4.74 Å². The highest BCUT2D eigenvalue weighted by atomic mass is 16.5. The number of ether oxygens (including phenoxy) is 1. The Morgan fingerprint density at radius 3 is 1.12 bits per heavy atom. The molecule has 0 aliphatic rings. The number of carbonyl (C=O) groups excluding carboxylic acids is 2. The van der Waals surface area contributed by atoms with Gasteiger partial charge in [0.15, 0.2) is 0 Å². The average Bonchev–Trinajstić information content (AvgIpc) is 3.29. The molecule has 0 fully saturated rings. The second-order valence-electron chi connectivity index (χ2n) is 19.3. The summed E-state index contributed by atoms with van der Waals surface area (Å²) in [5.74, 6) is -0.119. The summed E-state index contributed by atoms with van der Waals surface area (Å²) in [4.78, 5) is 24.5. The van der Waals surface area contributed by atoms with Gasteiger partial charge in [-0.05, 0) is 83.5 Å². The monoisotopic (exact) mass is 900 g/mol. The number of aliphatic hydroxyl groups excluding tert-OH is 2. The molecule has 64 heavy (non-hydrogen) atoms. The van der Waals surface area contributed by atoms with Crippen molar-refractivity contribution in [1.82, 2.24) is 5.32 Å². The summed E-state index contributed by atoms with van der Waals surface area (Å²) in [6.45, 7) is 4.86. The van der Waals surface area contributed by atoms with Crippen LogP contribution in [0.25, 0.3) is 0 Å². The van der Waals surface area contributed by atoms with Gasteiger partial charge < -0.3 is 20.3 Å². The maximum atomic E-state index is 12.4. The Hall–Kier alpha value is -1.92. The van der Waals surface area contributed by atoms with Gasteiger partial charge in [-0.3, -0.25) is 9.59 Å². The first-order chi connectivity index (χ1) is 31.5. The van der Waals surface area contributed by atoms with Crippen LogP contribution < -0.4 is 5.32 Å². The van der Waals surface area contributed by atoms with Crippen LogP contribution in [0, 0.1) is 0 Å². The van der Waals surface area contributed by atoms with Crippen molar-refractivity contribution in [2.45, 2.75) is 309 Å². The highest BCUT2D eigenvalue weighted by Crippen LogP contribution is 2.16. The molecule has 0 radical (unpaired) electrons. The summed E-state index contributed by atoms with van der Waals surface area (Å²) in [6, 6.07) is -0.649. The zero-order chi connectivity index (χ0) is 46.5. The highest BCUT2D eigenvalue weighted by Gasteiger charge is 2.18. The van der Waals surface area contributed by atoms with Crippen molar-refractivity contribution < 1.29 is 24.5 Å². The van der Waals surface area contributed by atoms with Crippen LogP contribution in [-0.4, -0.2) is 47.4 Å². The molecule has 0 aromatic heterocycles. The minimum absolute atomic E-state index is 0.0215. The first-order valence-corrected chi connectivity index (χ1v) is 28.3. The summed E-state index contributed by atoms with van der Waals surface area (Å²) < 4.78 is 5.46.